The molecule has 0 radical (unpaired) electrons. The highest BCUT2D eigenvalue weighted by Gasteiger charge is 2.11. The summed E-state index contributed by atoms with van der Waals surface area (Å²) in [5, 5.41) is 4.53. The van der Waals surface area contributed by atoms with Crippen molar-refractivity contribution in [3.8, 4) is 0 Å². The first-order valence-corrected chi connectivity index (χ1v) is 4.89. The van der Waals surface area contributed by atoms with Crippen LogP contribution in [0.1, 0.15) is 18.3 Å². The van der Waals surface area contributed by atoms with E-state index in [9.17, 15) is 0 Å². The van der Waals surface area contributed by atoms with Crippen molar-refractivity contribution in [1.29, 1.82) is 0 Å². The van der Waals surface area contributed by atoms with E-state index in [0.29, 0.717) is 11.4 Å². The predicted octanol–water partition coefficient (Wildman–Crippen LogP) is 1.66. The first-order valence-electron chi connectivity index (χ1n) is 4.31. The molecule has 0 aliphatic rings. The molecule has 0 bridgehead atoms. The van der Waals surface area contributed by atoms with Crippen LogP contribution < -0.4 is 5.73 Å². The van der Waals surface area contributed by atoms with Crippen LogP contribution in [-0.4, -0.2) is 15.9 Å². The molecule has 14 heavy (non-hydrogen) atoms. The standard InChI is InChI=1S/C9H10N3OP/c1-2-7-8-6(9(10)12-13-8)3-5(4-14)11-7/h3-4,14H,2H2,1H3,(H2,10,12). The van der Waals surface area contributed by atoms with Crippen molar-refractivity contribution in [2.24, 2.45) is 0 Å². The number of nitrogen functional groups attached to an aromatic ring is 1. The summed E-state index contributed by atoms with van der Waals surface area (Å²) >= 11 is 0. The van der Waals surface area contributed by atoms with Gasteiger partial charge in [0.05, 0.1) is 16.8 Å². The molecule has 0 aliphatic carbocycles. The van der Waals surface area contributed by atoms with E-state index < -0.39 is 0 Å². The van der Waals surface area contributed by atoms with Crippen molar-refractivity contribution >= 4 is 31.4 Å². The number of aryl methyl sites for hydroxylation is 1. The highest BCUT2D eigenvalue weighted by atomic mass is 31.0. The molecule has 0 unspecified atom stereocenters. The Morgan fingerprint density at radius 2 is 2.43 bits per heavy atom. The first-order chi connectivity index (χ1) is 6.76. The van der Waals surface area contributed by atoms with Gasteiger partial charge in [0.15, 0.2) is 11.4 Å². The molecule has 0 amide bonds. The first kappa shape index (κ1) is 9.16. The van der Waals surface area contributed by atoms with Gasteiger partial charge in [-0.1, -0.05) is 12.1 Å². The lowest BCUT2D eigenvalue weighted by Crippen LogP contribution is -1.94. The number of pyridine rings is 1. The van der Waals surface area contributed by atoms with Crippen LogP contribution in [0.4, 0.5) is 5.82 Å². The summed E-state index contributed by atoms with van der Waals surface area (Å²) in [6.45, 7) is 2.01. The zero-order valence-corrected chi connectivity index (χ0v) is 8.74. The minimum Gasteiger partial charge on any atom is -0.380 e. The molecule has 0 aliphatic heterocycles. The molecule has 0 saturated carbocycles. The highest BCUT2D eigenvalue weighted by molar-refractivity contribution is 7.19. The quantitative estimate of drug-likeness (QED) is 0.760. The van der Waals surface area contributed by atoms with E-state index in [0.717, 1.165) is 23.2 Å². The molecule has 2 heterocycles. The molecule has 0 saturated heterocycles. The van der Waals surface area contributed by atoms with E-state index in [2.05, 4.69) is 19.0 Å². The van der Waals surface area contributed by atoms with E-state index in [-0.39, 0.29) is 0 Å². The monoisotopic (exact) mass is 207 g/mol. The Kier molecular flexibility index (Phi) is 2.22. The van der Waals surface area contributed by atoms with E-state index in [4.69, 9.17) is 10.3 Å². The molecule has 0 spiro atoms. The van der Waals surface area contributed by atoms with Gasteiger partial charge < -0.3 is 10.3 Å². The summed E-state index contributed by atoms with van der Waals surface area (Å²) in [7, 11) is 3.29. The molecule has 2 N–H and O–H groups in total. The van der Waals surface area contributed by atoms with Gasteiger partial charge in [-0.15, -0.1) is 8.86 Å². The highest BCUT2D eigenvalue weighted by Crippen LogP contribution is 2.23. The molecule has 5 heteroatoms. The number of aromatic nitrogens is 2. The topological polar surface area (TPSA) is 64.9 Å². The summed E-state index contributed by atoms with van der Waals surface area (Å²) in [4.78, 5) is 4.36. The maximum atomic E-state index is 5.66. The summed E-state index contributed by atoms with van der Waals surface area (Å²) < 4.78 is 5.10. The van der Waals surface area contributed by atoms with Crippen LogP contribution in [-0.2, 0) is 6.42 Å². The van der Waals surface area contributed by atoms with Gasteiger partial charge in [-0.3, -0.25) is 0 Å². The zero-order chi connectivity index (χ0) is 10.1. The molecule has 0 fully saturated rings. The number of fused-ring (bicyclic) bond motifs is 1. The van der Waals surface area contributed by atoms with Crippen LogP contribution in [0.3, 0.4) is 0 Å². The van der Waals surface area contributed by atoms with Crippen LogP contribution in [0.25, 0.3) is 11.0 Å². The summed E-state index contributed by atoms with van der Waals surface area (Å²) in [5.41, 5.74) is 8.04. The fourth-order valence-electron chi connectivity index (χ4n) is 1.36. The van der Waals surface area contributed by atoms with Crippen LogP contribution >= 0.6 is 8.86 Å². The fourth-order valence-corrected chi connectivity index (χ4v) is 1.51. The van der Waals surface area contributed by atoms with E-state index >= 15 is 0 Å². The normalized spacial score (nSPS) is 10.6. The molecule has 0 atom stereocenters. The van der Waals surface area contributed by atoms with Crippen molar-refractivity contribution in [2.45, 2.75) is 13.3 Å². The molecule has 2 aromatic rings. The van der Waals surface area contributed by atoms with Gasteiger partial charge in [-0.25, -0.2) is 4.98 Å². The minimum atomic E-state index is 0.409. The lowest BCUT2D eigenvalue weighted by molar-refractivity contribution is 0.457. The smallest absolute Gasteiger partial charge is 0.190 e. The van der Waals surface area contributed by atoms with Gasteiger partial charge in [0.2, 0.25) is 0 Å². The number of hydrogen-bond acceptors (Lipinski definition) is 4. The van der Waals surface area contributed by atoms with Crippen molar-refractivity contribution in [2.75, 3.05) is 5.73 Å². The number of nitrogens with zero attached hydrogens (tertiary/aromatic N) is 2. The molecule has 2 aromatic heterocycles. The number of anilines is 1. The second-order valence-electron chi connectivity index (χ2n) is 2.94. The van der Waals surface area contributed by atoms with Gasteiger partial charge >= 0.3 is 0 Å². The minimum absolute atomic E-state index is 0.409. The number of hydrogen-bond donors (Lipinski definition) is 1. The average Bonchev–Trinajstić information content (AvgIpc) is 2.59. The SMILES string of the molecule is CCc1nc(C=P)cc2c(N)noc12. The van der Waals surface area contributed by atoms with E-state index in [1.807, 2.05) is 13.0 Å². The van der Waals surface area contributed by atoms with E-state index in [1.165, 1.54) is 0 Å². The number of rotatable bonds is 2. The maximum absolute atomic E-state index is 5.66. The Hall–Kier alpha value is -1.41. The van der Waals surface area contributed by atoms with Gasteiger partial charge in [0.25, 0.3) is 0 Å². The second kappa shape index (κ2) is 3.39. The van der Waals surface area contributed by atoms with Crippen molar-refractivity contribution in [3.05, 3.63) is 17.5 Å². The van der Waals surface area contributed by atoms with Gasteiger partial charge in [-0.05, 0) is 18.3 Å². The number of nitrogens with two attached hydrogens (primary N) is 1. The van der Waals surface area contributed by atoms with E-state index in [1.54, 1.807) is 5.80 Å². The molecule has 2 rings (SSSR count). The zero-order valence-electron chi connectivity index (χ0n) is 7.74. The Morgan fingerprint density at radius 1 is 1.64 bits per heavy atom. The van der Waals surface area contributed by atoms with Crippen LogP contribution in [0.5, 0.6) is 0 Å². The maximum Gasteiger partial charge on any atom is 0.190 e. The van der Waals surface area contributed by atoms with Crippen LogP contribution in [0.2, 0.25) is 0 Å². The third-order valence-electron chi connectivity index (χ3n) is 2.06. The lowest BCUT2D eigenvalue weighted by Gasteiger charge is -1.98. The fraction of sp³-hybridized carbons (Fsp3) is 0.222. The second-order valence-corrected chi connectivity index (χ2v) is 3.22. The predicted molar refractivity (Wildman–Crippen MR) is 59.1 cm³/mol. The van der Waals surface area contributed by atoms with Crippen molar-refractivity contribution < 1.29 is 4.52 Å². The lowest BCUT2D eigenvalue weighted by atomic mass is 10.2. The Labute approximate surface area is 83.3 Å². The molecular formula is C9H10N3OP. The third-order valence-corrected chi connectivity index (χ3v) is 2.35. The molecule has 72 valence electrons. The summed E-state index contributed by atoms with van der Waals surface area (Å²) in [5.74, 6) is 2.15. The Bertz CT molecular complexity index is 492. The molecule has 4 nitrogen and oxygen atoms in total. The molecular weight excluding hydrogens is 197 g/mol. The largest absolute Gasteiger partial charge is 0.380 e. The van der Waals surface area contributed by atoms with Crippen LogP contribution in [0.15, 0.2) is 10.6 Å². The van der Waals surface area contributed by atoms with Crippen LogP contribution in [0, 0.1) is 0 Å². The van der Waals surface area contributed by atoms with Gasteiger partial charge in [0, 0.05) is 0 Å². The van der Waals surface area contributed by atoms with Crippen molar-refractivity contribution in [1.82, 2.24) is 10.1 Å². The molecule has 0 aromatic carbocycles. The summed E-state index contributed by atoms with van der Waals surface area (Å²) in [6, 6.07) is 1.84. The Balaban J connectivity index is 2.82. The van der Waals surface area contributed by atoms with Gasteiger partial charge in [0.1, 0.15) is 0 Å². The third kappa shape index (κ3) is 1.28. The van der Waals surface area contributed by atoms with Crippen molar-refractivity contribution in [3.63, 3.8) is 0 Å². The Morgan fingerprint density at radius 3 is 3.07 bits per heavy atom. The summed E-state index contributed by atoms with van der Waals surface area (Å²) in [6.07, 6.45) is 0.791. The van der Waals surface area contributed by atoms with Gasteiger partial charge in [-0.2, -0.15) is 0 Å². The average molecular weight is 207 g/mol.